The lowest BCUT2D eigenvalue weighted by molar-refractivity contribution is -0.139. The number of methoxy groups -OCH3 is 2. The molecule has 0 amide bonds. The Labute approximate surface area is 95.4 Å². The smallest absolute Gasteiger partial charge is 0.310 e. The quantitative estimate of drug-likeness (QED) is 0.730. The number of rotatable bonds is 4. The summed E-state index contributed by atoms with van der Waals surface area (Å²) in [5, 5.41) is 0. The molecular weight excluding hydrogens is 204 g/mol. The van der Waals surface area contributed by atoms with Crippen LogP contribution in [0.1, 0.15) is 29.9 Å². The van der Waals surface area contributed by atoms with Crippen LogP contribution in [0.2, 0.25) is 0 Å². The van der Waals surface area contributed by atoms with Crippen molar-refractivity contribution in [3.8, 4) is 5.75 Å². The predicted molar refractivity (Wildman–Crippen MR) is 60.7 cm³/mol. The maximum absolute atomic E-state index is 11.3. The molecule has 0 aliphatic heterocycles. The van der Waals surface area contributed by atoms with Gasteiger partial charge in [0.1, 0.15) is 5.75 Å². The van der Waals surface area contributed by atoms with E-state index in [4.69, 9.17) is 4.74 Å². The molecule has 0 unspecified atom stereocenters. The monoisotopic (exact) mass is 220 g/mol. The van der Waals surface area contributed by atoms with Gasteiger partial charge in [-0.15, -0.1) is 0 Å². The van der Waals surface area contributed by atoms with Crippen molar-refractivity contribution in [2.45, 2.75) is 25.2 Å². The van der Waals surface area contributed by atoms with Crippen LogP contribution in [0.3, 0.4) is 0 Å². The fourth-order valence-electron chi connectivity index (χ4n) is 1.83. The zero-order valence-corrected chi connectivity index (χ0v) is 9.66. The molecule has 0 spiro atoms. The van der Waals surface area contributed by atoms with Gasteiger partial charge in [-0.3, -0.25) is 4.79 Å². The molecule has 3 heteroatoms. The largest absolute Gasteiger partial charge is 0.496 e. The van der Waals surface area contributed by atoms with E-state index in [1.807, 2.05) is 6.07 Å². The third kappa shape index (κ3) is 2.35. The van der Waals surface area contributed by atoms with Crippen molar-refractivity contribution >= 4 is 5.97 Å². The first-order chi connectivity index (χ1) is 7.74. The average Bonchev–Trinajstić information content (AvgIpc) is 3.12. The standard InChI is InChI=1S/C13H16O3/c1-15-12-6-5-10(9-3-4-9)7-11(12)8-13(14)16-2/h5-7,9H,3-4,8H2,1-2H3. The van der Waals surface area contributed by atoms with Crippen LogP contribution in [0.4, 0.5) is 0 Å². The number of hydrogen-bond acceptors (Lipinski definition) is 3. The van der Waals surface area contributed by atoms with Crippen molar-refractivity contribution in [3.63, 3.8) is 0 Å². The maximum Gasteiger partial charge on any atom is 0.310 e. The van der Waals surface area contributed by atoms with Gasteiger partial charge in [0.25, 0.3) is 0 Å². The molecule has 0 bridgehead atoms. The summed E-state index contributed by atoms with van der Waals surface area (Å²) in [5.41, 5.74) is 2.22. The van der Waals surface area contributed by atoms with Gasteiger partial charge in [0.15, 0.2) is 0 Å². The van der Waals surface area contributed by atoms with E-state index in [2.05, 4.69) is 16.9 Å². The van der Waals surface area contributed by atoms with Crippen LogP contribution >= 0.6 is 0 Å². The minimum absolute atomic E-state index is 0.230. The molecule has 3 nitrogen and oxygen atoms in total. The van der Waals surface area contributed by atoms with Crippen LogP contribution in [-0.2, 0) is 16.0 Å². The van der Waals surface area contributed by atoms with Gasteiger partial charge in [-0.2, -0.15) is 0 Å². The number of hydrogen-bond donors (Lipinski definition) is 0. The first-order valence-corrected chi connectivity index (χ1v) is 5.48. The molecule has 0 radical (unpaired) electrons. The fourth-order valence-corrected chi connectivity index (χ4v) is 1.83. The van der Waals surface area contributed by atoms with Gasteiger partial charge in [-0.25, -0.2) is 0 Å². The summed E-state index contributed by atoms with van der Waals surface area (Å²) in [7, 11) is 3.02. The molecule has 0 atom stereocenters. The van der Waals surface area contributed by atoms with E-state index in [0.29, 0.717) is 5.92 Å². The Kier molecular flexibility index (Phi) is 3.13. The number of ether oxygens (including phenoxy) is 2. The van der Waals surface area contributed by atoms with E-state index in [0.717, 1.165) is 11.3 Å². The lowest BCUT2D eigenvalue weighted by Crippen LogP contribution is -2.06. The molecule has 0 heterocycles. The van der Waals surface area contributed by atoms with Crippen LogP contribution in [0.15, 0.2) is 18.2 Å². The second-order valence-electron chi connectivity index (χ2n) is 4.10. The summed E-state index contributed by atoms with van der Waals surface area (Å²) in [6.45, 7) is 0. The van der Waals surface area contributed by atoms with Crippen LogP contribution in [0, 0.1) is 0 Å². The lowest BCUT2D eigenvalue weighted by Gasteiger charge is -2.09. The van der Waals surface area contributed by atoms with Crippen LogP contribution in [0.25, 0.3) is 0 Å². The first kappa shape index (κ1) is 11.0. The summed E-state index contributed by atoms with van der Waals surface area (Å²) in [5.74, 6) is 1.21. The van der Waals surface area contributed by atoms with E-state index >= 15 is 0 Å². The normalized spacial score (nSPS) is 14.6. The number of carbonyl (C=O) groups excluding carboxylic acids is 1. The van der Waals surface area contributed by atoms with Gasteiger partial charge in [-0.1, -0.05) is 12.1 Å². The zero-order valence-electron chi connectivity index (χ0n) is 9.66. The molecule has 86 valence electrons. The lowest BCUT2D eigenvalue weighted by atomic mass is 10.0. The third-order valence-electron chi connectivity index (χ3n) is 2.92. The molecular formula is C13H16O3. The zero-order chi connectivity index (χ0) is 11.5. The van der Waals surface area contributed by atoms with Crippen molar-refractivity contribution in [3.05, 3.63) is 29.3 Å². The number of esters is 1. The van der Waals surface area contributed by atoms with Crippen LogP contribution in [0.5, 0.6) is 5.75 Å². The second kappa shape index (κ2) is 4.56. The maximum atomic E-state index is 11.3. The van der Waals surface area contributed by atoms with Gasteiger partial charge in [-0.05, 0) is 30.4 Å². The van der Waals surface area contributed by atoms with Crippen molar-refractivity contribution in [2.75, 3.05) is 14.2 Å². The second-order valence-corrected chi connectivity index (χ2v) is 4.10. The molecule has 1 aliphatic rings. The topological polar surface area (TPSA) is 35.5 Å². The van der Waals surface area contributed by atoms with Gasteiger partial charge in [0, 0.05) is 5.56 Å². The summed E-state index contributed by atoms with van der Waals surface area (Å²) < 4.78 is 9.91. The Hall–Kier alpha value is -1.51. The molecule has 1 aromatic carbocycles. The fraction of sp³-hybridized carbons (Fsp3) is 0.462. The molecule has 0 aromatic heterocycles. The molecule has 1 aromatic rings. The van der Waals surface area contributed by atoms with E-state index < -0.39 is 0 Å². The van der Waals surface area contributed by atoms with E-state index in [9.17, 15) is 4.79 Å². The van der Waals surface area contributed by atoms with E-state index in [1.165, 1.54) is 25.5 Å². The Balaban J connectivity index is 2.23. The van der Waals surface area contributed by atoms with Crippen molar-refractivity contribution < 1.29 is 14.3 Å². The summed E-state index contributed by atoms with van der Waals surface area (Å²) in [4.78, 5) is 11.3. The average molecular weight is 220 g/mol. The van der Waals surface area contributed by atoms with Crippen LogP contribution < -0.4 is 4.74 Å². The van der Waals surface area contributed by atoms with E-state index in [-0.39, 0.29) is 12.4 Å². The molecule has 2 rings (SSSR count). The SMILES string of the molecule is COC(=O)Cc1cc(C2CC2)ccc1OC. The molecule has 1 aliphatic carbocycles. The highest BCUT2D eigenvalue weighted by molar-refractivity contribution is 5.73. The molecule has 1 saturated carbocycles. The van der Waals surface area contributed by atoms with Crippen molar-refractivity contribution in [2.24, 2.45) is 0 Å². The molecule has 0 saturated heterocycles. The Morgan fingerprint density at radius 3 is 2.69 bits per heavy atom. The number of carbonyl (C=O) groups is 1. The summed E-state index contributed by atoms with van der Waals surface area (Å²) in [6.07, 6.45) is 2.79. The summed E-state index contributed by atoms with van der Waals surface area (Å²) in [6, 6.07) is 6.08. The highest BCUT2D eigenvalue weighted by Gasteiger charge is 2.24. The van der Waals surface area contributed by atoms with Gasteiger partial charge in [0.2, 0.25) is 0 Å². The van der Waals surface area contributed by atoms with Crippen LogP contribution in [-0.4, -0.2) is 20.2 Å². The third-order valence-corrected chi connectivity index (χ3v) is 2.92. The van der Waals surface area contributed by atoms with Crippen molar-refractivity contribution in [1.29, 1.82) is 0 Å². The van der Waals surface area contributed by atoms with Gasteiger partial charge in [0.05, 0.1) is 20.6 Å². The number of benzene rings is 1. The van der Waals surface area contributed by atoms with Gasteiger partial charge < -0.3 is 9.47 Å². The Morgan fingerprint density at radius 1 is 1.38 bits per heavy atom. The van der Waals surface area contributed by atoms with Crippen molar-refractivity contribution in [1.82, 2.24) is 0 Å². The summed E-state index contributed by atoms with van der Waals surface area (Å²) >= 11 is 0. The minimum Gasteiger partial charge on any atom is -0.496 e. The van der Waals surface area contributed by atoms with E-state index in [1.54, 1.807) is 7.11 Å². The molecule has 16 heavy (non-hydrogen) atoms. The highest BCUT2D eigenvalue weighted by Crippen LogP contribution is 2.41. The Morgan fingerprint density at radius 2 is 2.12 bits per heavy atom. The Bertz CT molecular complexity index is 394. The molecule has 0 N–H and O–H groups in total. The minimum atomic E-state index is -0.230. The highest BCUT2D eigenvalue weighted by atomic mass is 16.5. The predicted octanol–water partition coefficient (Wildman–Crippen LogP) is 2.29. The van der Waals surface area contributed by atoms with Gasteiger partial charge >= 0.3 is 5.97 Å². The molecule has 1 fully saturated rings. The first-order valence-electron chi connectivity index (χ1n) is 5.48.